The fraction of sp³-hybridized carbons (Fsp3) is 0.227. The first-order valence-electron chi connectivity index (χ1n) is 9.60. The highest BCUT2D eigenvalue weighted by Gasteiger charge is 2.16. The van der Waals surface area contributed by atoms with Crippen LogP contribution in [-0.4, -0.2) is 26.5 Å². The second kappa shape index (κ2) is 10.3. The molecule has 0 radical (unpaired) electrons. The number of aryl methyl sites for hydroxylation is 1. The van der Waals surface area contributed by atoms with Gasteiger partial charge in [0, 0.05) is 48.2 Å². The summed E-state index contributed by atoms with van der Waals surface area (Å²) in [5.74, 6) is 0.963. The smallest absolute Gasteiger partial charge is 0.254 e. The Morgan fingerprint density at radius 1 is 1.10 bits per heavy atom. The Kier molecular flexibility index (Phi) is 7.56. The highest BCUT2D eigenvalue weighted by Crippen LogP contribution is 2.38. The number of hydrogen-bond acceptors (Lipinski definition) is 5. The second-order valence-electron chi connectivity index (χ2n) is 6.70. The molecule has 2 aromatic carbocycles. The number of benzene rings is 2. The minimum Gasteiger partial charge on any atom is -0.760 e. The van der Waals surface area contributed by atoms with Gasteiger partial charge in [-0.25, -0.2) is 9.11 Å². The van der Waals surface area contributed by atoms with Crippen molar-refractivity contribution in [1.82, 2.24) is 9.29 Å². The van der Waals surface area contributed by atoms with Gasteiger partial charge in [0.05, 0.1) is 6.61 Å². The number of ether oxygens (including phenoxy) is 2. The lowest BCUT2D eigenvalue weighted by Gasteiger charge is -2.17. The maximum absolute atomic E-state index is 13.3. The summed E-state index contributed by atoms with van der Waals surface area (Å²) < 4.78 is 50.2. The Balaban J connectivity index is 2.07. The standard InChI is InChI=1S/C22H23FN2O5S/c1-3-29-21-13-22(26)25(2)14-19(21)18-12-15(10-11-24-31(27)28)4-9-20(18)30-17-7-5-16(23)6-8-17/h4-9,12-14,24H,3,10-11H2,1-2H3,(H,27,28)/p-1. The van der Waals surface area contributed by atoms with E-state index in [0.717, 1.165) is 5.56 Å². The third kappa shape index (κ3) is 6.00. The van der Waals surface area contributed by atoms with Gasteiger partial charge in [0.2, 0.25) is 0 Å². The van der Waals surface area contributed by atoms with Gasteiger partial charge in [0.15, 0.2) is 0 Å². The molecule has 0 saturated heterocycles. The van der Waals surface area contributed by atoms with Crippen molar-refractivity contribution < 1.29 is 22.6 Å². The van der Waals surface area contributed by atoms with Gasteiger partial charge in [-0.15, -0.1) is 0 Å². The number of hydrogen-bond donors (Lipinski definition) is 1. The first-order valence-corrected chi connectivity index (χ1v) is 10.7. The summed E-state index contributed by atoms with van der Waals surface area (Å²) in [7, 11) is 1.64. The minimum absolute atomic E-state index is 0.216. The summed E-state index contributed by atoms with van der Waals surface area (Å²) in [5.41, 5.74) is 1.94. The molecule has 1 unspecified atom stereocenters. The maximum Gasteiger partial charge on any atom is 0.254 e. The Morgan fingerprint density at radius 2 is 1.84 bits per heavy atom. The third-order valence-electron chi connectivity index (χ3n) is 4.50. The quantitative estimate of drug-likeness (QED) is 0.510. The Morgan fingerprint density at radius 3 is 2.52 bits per heavy atom. The monoisotopic (exact) mass is 445 g/mol. The third-order valence-corrected chi connectivity index (χ3v) is 4.94. The molecule has 1 atom stereocenters. The first-order chi connectivity index (χ1) is 14.9. The van der Waals surface area contributed by atoms with E-state index >= 15 is 0 Å². The zero-order valence-electron chi connectivity index (χ0n) is 17.1. The van der Waals surface area contributed by atoms with Crippen LogP contribution in [0.2, 0.25) is 0 Å². The van der Waals surface area contributed by atoms with Gasteiger partial charge in [0.1, 0.15) is 23.1 Å². The van der Waals surface area contributed by atoms with Gasteiger partial charge in [-0.2, -0.15) is 0 Å². The van der Waals surface area contributed by atoms with Crippen LogP contribution in [0, 0.1) is 5.82 Å². The number of halogens is 1. The van der Waals surface area contributed by atoms with Crippen molar-refractivity contribution in [1.29, 1.82) is 0 Å². The van der Waals surface area contributed by atoms with E-state index in [4.69, 9.17) is 9.47 Å². The molecule has 3 rings (SSSR count). The van der Waals surface area contributed by atoms with Crippen LogP contribution in [-0.2, 0) is 24.7 Å². The zero-order chi connectivity index (χ0) is 22.4. The first kappa shape index (κ1) is 22.7. The van der Waals surface area contributed by atoms with Crippen LogP contribution < -0.4 is 19.8 Å². The normalized spacial score (nSPS) is 11.9. The maximum atomic E-state index is 13.3. The van der Waals surface area contributed by atoms with E-state index in [9.17, 15) is 17.9 Å². The zero-order valence-corrected chi connectivity index (χ0v) is 17.9. The molecule has 1 heterocycles. The molecule has 0 fully saturated rings. The molecule has 0 saturated carbocycles. The summed E-state index contributed by atoms with van der Waals surface area (Å²) in [6, 6.07) is 12.5. The number of nitrogens with zero attached hydrogens (tertiary/aromatic N) is 1. The SMILES string of the molecule is CCOc1cc(=O)n(C)cc1-c1cc(CCNS(=O)[O-])ccc1Oc1ccc(F)cc1. The van der Waals surface area contributed by atoms with Gasteiger partial charge < -0.3 is 18.6 Å². The molecule has 7 nitrogen and oxygen atoms in total. The van der Waals surface area contributed by atoms with Crippen LogP contribution in [0.5, 0.6) is 17.2 Å². The van der Waals surface area contributed by atoms with Crippen molar-refractivity contribution in [2.24, 2.45) is 7.05 Å². The Hall–Kier alpha value is -3.01. The summed E-state index contributed by atoms with van der Waals surface area (Å²) >= 11 is -2.34. The molecule has 0 aliphatic rings. The Bertz CT molecular complexity index is 1130. The van der Waals surface area contributed by atoms with Crippen LogP contribution in [0.15, 0.2) is 59.5 Å². The van der Waals surface area contributed by atoms with Crippen molar-refractivity contribution in [3.63, 3.8) is 0 Å². The largest absolute Gasteiger partial charge is 0.760 e. The van der Waals surface area contributed by atoms with Gasteiger partial charge in [-0.1, -0.05) is 6.07 Å². The molecule has 1 aromatic heterocycles. The lowest BCUT2D eigenvalue weighted by molar-refractivity contribution is 0.340. The highest BCUT2D eigenvalue weighted by molar-refractivity contribution is 7.77. The number of nitrogens with one attached hydrogen (secondary N) is 1. The van der Waals surface area contributed by atoms with E-state index in [-0.39, 0.29) is 17.9 Å². The minimum atomic E-state index is -2.34. The van der Waals surface area contributed by atoms with E-state index in [1.165, 1.54) is 34.9 Å². The molecular formula is C22H22FN2O5S-. The average molecular weight is 445 g/mol. The fourth-order valence-electron chi connectivity index (χ4n) is 3.03. The van der Waals surface area contributed by atoms with Gasteiger partial charge >= 0.3 is 0 Å². The van der Waals surface area contributed by atoms with Crippen molar-refractivity contribution >= 4 is 11.3 Å². The molecule has 1 N–H and O–H groups in total. The van der Waals surface area contributed by atoms with E-state index in [0.29, 0.717) is 41.4 Å². The van der Waals surface area contributed by atoms with Crippen LogP contribution >= 0.6 is 0 Å². The van der Waals surface area contributed by atoms with Crippen molar-refractivity contribution in [3.05, 3.63) is 76.5 Å². The van der Waals surface area contributed by atoms with Crippen molar-refractivity contribution in [2.75, 3.05) is 13.2 Å². The van der Waals surface area contributed by atoms with E-state index in [1.807, 2.05) is 19.1 Å². The topological polar surface area (TPSA) is 92.6 Å². The highest BCUT2D eigenvalue weighted by atomic mass is 32.2. The summed E-state index contributed by atoms with van der Waals surface area (Å²) in [6.07, 6.45) is 2.11. The fourth-order valence-corrected chi connectivity index (χ4v) is 3.30. The summed E-state index contributed by atoms with van der Waals surface area (Å²) in [4.78, 5) is 12.1. The summed E-state index contributed by atoms with van der Waals surface area (Å²) in [5, 5.41) is 0. The molecule has 164 valence electrons. The second-order valence-corrected chi connectivity index (χ2v) is 7.46. The summed E-state index contributed by atoms with van der Waals surface area (Å²) in [6.45, 7) is 2.43. The average Bonchev–Trinajstić information content (AvgIpc) is 2.73. The molecule has 0 amide bonds. The van der Waals surface area contributed by atoms with Crippen LogP contribution in [0.1, 0.15) is 12.5 Å². The van der Waals surface area contributed by atoms with Gasteiger partial charge in [-0.3, -0.25) is 9.00 Å². The lowest BCUT2D eigenvalue weighted by atomic mass is 10.0. The molecule has 0 aliphatic carbocycles. The molecule has 0 bridgehead atoms. The van der Waals surface area contributed by atoms with E-state index in [2.05, 4.69) is 4.72 Å². The molecule has 31 heavy (non-hydrogen) atoms. The number of pyridine rings is 1. The van der Waals surface area contributed by atoms with E-state index < -0.39 is 11.3 Å². The molecule has 3 aromatic rings. The van der Waals surface area contributed by atoms with Gasteiger partial charge in [-0.05, 0) is 55.3 Å². The molecular weight excluding hydrogens is 423 g/mol. The number of rotatable bonds is 9. The molecule has 0 spiro atoms. The van der Waals surface area contributed by atoms with Crippen LogP contribution in [0.3, 0.4) is 0 Å². The van der Waals surface area contributed by atoms with Crippen molar-refractivity contribution in [2.45, 2.75) is 13.3 Å². The van der Waals surface area contributed by atoms with Gasteiger partial charge in [0.25, 0.3) is 5.56 Å². The Labute approximate surface area is 181 Å². The number of aromatic nitrogens is 1. The lowest BCUT2D eigenvalue weighted by Crippen LogP contribution is -2.19. The molecule has 0 aliphatic heterocycles. The predicted molar refractivity (Wildman–Crippen MR) is 115 cm³/mol. The van der Waals surface area contributed by atoms with E-state index in [1.54, 1.807) is 19.3 Å². The van der Waals surface area contributed by atoms with Crippen LogP contribution in [0.4, 0.5) is 4.39 Å². The molecule has 9 heteroatoms. The van der Waals surface area contributed by atoms with Crippen molar-refractivity contribution in [3.8, 4) is 28.4 Å². The predicted octanol–water partition coefficient (Wildman–Crippen LogP) is 3.31. The van der Waals surface area contributed by atoms with Crippen LogP contribution in [0.25, 0.3) is 11.1 Å².